The van der Waals surface area contributed by atoms with Gasteiger partial charge in [-0.05, 0) is 6.42 Å². The van der Waals surface area contributed by atoms with Crippen molar-refractivity contribution in [3.05, 3.63) is 12.7 Å². The number of carbonyl (C=O) groups excluding carboxylic acids is 1. The third-order valence-electron chi connectivity index (χ3n) is 2.95. The molecule has 1 aliphatic rings. The first-order valence-corrected chi connectivity index (χ1v) is 6.09. The predicted octanol–water partition coefficient (Wildman–Crippen LogP) is 0.317. The Morgan fingerprint density at radius 3 is 2.67 bits per heavy atom. The lowest BCUT2D eigenvalue weighted by Crippen LogP contribution is -2.43. The van der Waals surface area contributed by atoms with Gasteiger partial charge in [-0.3, -0.25) is 9.69 Å². The highest BCUT2D eigenvalue weighted by molar-refractivity contribution is 5.74. The summed E-state index contributed by atoms with van der Waals surface area (Å²) in [7, 11) is 1.74. The minimum absolute atomic E-state index is 0.0212. The first-order valence-electron chi connectivity index (χ1n) is 6.09. The van der Waals surface area contributed by atoms with Gasteiger partial charge in [0.2, 0.25) is 0 Å². The van der Waals surface area contributed by atoms with E-state index < -0.39 is 5.97 Å². The number of likely N-dealkylation sites (N-methyl/N-ethyl adjacent to an activating group) is 1. The average Bonchev–Trinajstić information content (AvgIpc) is 2.53. The van der Waals surface area contributed by atoms with Crippen LogP contribution in [-0.4, -0.2) is 78.1 Å². The molecule has 0 spiro atoms. The zero-order valence-electron chi connectivity index (χ0n) is 10.8. The predicted molar refractivity (Wildman–Crippen MR) is 68.5 cm³/mol. The molecule has 102 valence electrons. The Bertz CT molecular complexity index is 320. The molecule has 2 amide bonds. The molecule has 1 N–H and O–H groups in total. The molecule has 1 heterocycles. The van der Waals surface area contributed by atoms with Crippen molar-refractivity contribution in [2.24, 2.45) is 0 Å². The van der Waals surface area contributed by atoms with Crippen LogP contribution in [0.3, 0.4) is 0 Å². The number of hydrogen-bond donors (Lipinski definition) is 1. The van der Waals surface area contributed by atoms with Crippen LogP contribution in [0, 0.1) is 0 Å². The molecule has 1 aliphatic heterocycles. The summed E-state index contributed by atoms with van der Waals surface area (Å²) in [6.45, 7) is 6.76. The first kappa shape index (κ1) is 14.5. The van der Waals surface area contributed by atoms with Crippen LogP contribution < -0.4 is 0 Å². The molecule has 0 atom stereocenters. The summed E-state index contributed by atoms with van der Waals surface area (Å²) in [6.07, 6.45) is 2.49. The van der Waals surface area contributed by atoms with Gasteiger partial charge in [-0.25, -0.2) is 4.79 Å². The maximum absolute atomic E-state index is 12.0. The van der Waals surface area contributed by atoms with E-state index in [4.69, 9.17) is 5.11 Å². The number of nitrogens with zero attached hydrogens (tertiary/aromatic N) is 3. The molecule has 6 heteroatoms. The second kappa shape index (κ2) is 7.00. The van der Waals surface area contributed by atoms with E-state index >= 15 is 0 Å². The van der Waals surface area contributed by atoms with E-state index in [1.54, 1.807) is 22.9 Å². The van der Waals surface area contributed by atoms with Crippen molar-refractivity contribution in [2.45, 2.75) is 6.42 Å². The van der Waals surface area contributed by atoms with Gasteiger partial charge < -0.3 is 14.9 Å². The Hall–Kier alpha value is -1.56. The van der Waals surface area contributed by atoms with Crippen LogP contribution in [-0.2, 0) is 4.79 Å². The molecule has 0 aromatic rings. The number of carboxylic acids is 1. The second-order valence-electron chi connectivity index (χ2n) is 4.46. The maximum Gasteiger partial charge on any atom is 0.320 e. The minimum Gasteiger partial charge on any atom is -0.480 e. The van der Waals surface area contributed by atoms with Gasteiger partial charge in [0.1, 0.15) is 0 Å². The maximum atomic E-state index is 12.0. The Morgan fingerprint density at radius 2 is 2.06 bits per heavy atom. The van der Waals surface area contributed by atoms with Crippen LogP contribution in [0.4, 0.5) is 4.79 Å². The summed E-state index contributed by atoms with van der Waals surface area (Å²) in [5.41, 5.74) is 0. The summed E-state index contributed by atoms with van der Waals surface area (Å²) < 4.78 is 0. The summed E-state index contributed by atoms with van der Waals surface area (Å²) >= 11 is 0. The van der Waals surface area contributed by atoms with Crippen molar-refractivity contribution in [1.82, 2.24) is 14.7 Å². The smallest absolute Gasteiger partial charge is 0.320 e. The number of amides is 2. The lowest BCUT2D eigenvalue weighted by atomic mass is 10.4. The largest absolute Gasteiger partial charge is 0.480 e. The van der Waals surface area contributed by atoms with Crippen molar-refractivity contribution in [3.63, 3.8) is 0 Å². The number of urea groups is 1. The SMILES string of the molecule is C=CCN(C)C(=O)N1CCCN(CC(=O)O)CC1. The number of aliphatic carboxylic acids is 1. The molecule has 6 nitrogen and oxygen atoms in total. The Labute approximate surface area is 107 Å². The third-order valence-corrected chi connectivity index (χ3v) is 2.95. The van der Waals surface area contributed by atoms with Gasteiger partial charge in [-0.1, -0.05) is 6.08 Å². The van der Waals surface area contributed by atoms with Crippen molar-refractivity contribution >= 4 is 12.0 Å². The minimum atomic E-state index is -0.821. The molecule has 0 saturated carbocycles. The van der Waals surface area contributed by atoms with Gasteiger partial charge >= 0.3 is 12.0 Å². The monoisotopic (exact) mass is 255 g/mol. The van der Waals surface area contributed by atoms with Gasteiger partial charge in [0.25, 0.3) is 0 Å². The van der Waals surface area contributed by atoms with Crippen molar-refractivity contribution in [3.8, 4) is 0 Å². The quantitative estimate of drug-likeness (QED) is 0.735. The first-order chi connectivity index (χ1) is 8.54. The topological polar surface area (TPSA) is 64.1 Å². The molecule has 0 unspecified atom stereocenters. The molecule has 1 saturated heterocycles. The van der Waals surface area contributed by atoms with Gasteiger partial charge in [-0.2, -0.15) is 0 Å². The normalized spacial score (nSPS) is 17.1. The van der Waals surface area contributed by atoms with E-state index in [1.807, 2.05) is 4.90 Å². The lowest BCUT2D eigenvalue weighted by Gasteiger charge is -2.26. The molecule has 0 aliphatic carbocycles. The highest BCUT2D eigenvalue weighted by Gasteiger charge is 2.21. The summed E-state index contributed by atoms with van der Waals surface area (Å²) in [5, 5.41) is 8.75. The van der Waals surface area contributed by atoms with Crippen LogP contribution in [0.25, 0.3) is 0 Å². The van der Waals surface area contributed by atoms with E-state index in [-0.39, 0.29) is 12.6 Å². The Morgan fingerprint density at radius 1 is 1.33 bits per heavy atom. The zero-order chi connectivity index (χ0) is 13.5. The fourth-order valence-electron chi connectivity index (χ4n) is 2.02. The molecular formula is C12H21N3O3. The van der Waals surface area contributed by atoms with Crippen molar-refractivity contribution in [2.75, 3.05) is 46.3 Å². The van der Waals surface area contributed by atoms with Crippen LogP contribution in [0.5, 0.6) is 0 Å². The highest BCUT2D eigenvalue weighted by atomic mass is 16.4. The van der Waals surface area contributed by atoms with Gasteiger partial charge in [-0.15, -0.1) is 6.58 Å². The fraction of sp³-hybridized carbons (Fsp3) is 0.667. The molecule has 0 aromatic heterocycles. The third kappa shape index (κ3) is 4.37. The molecule has 18 heavy (non-hydrogen) atoms. The van der Waals surface area contributed by atoms with Crippen LogP contribution in [0.2, 0.25) is 0 Å². The lowest BCUT2D eigenvalue weighted by molar-refractivity contribution is -0.138. The average molecular weight is 255 g/mol. The van der Waals surface area contributed by atoms with Crippen LogP contribution in [0.15, 0.2) is 12.7 Å². The zero-order valence-corrected chi connectivity index (χ0v) is 10.8. The van der Waals surface area contributed by atoms with E-state index in [1.165, 1.54) is 0 Å². The molecule has 1 fully saturated rings. The Kier molecular flexibility index (Phi) is 5.64. The number of hydrogen-bond acceptors (Lipinski definition) is 3. The number of carbonyl (C=O) groups is 2. The number of carboxylic acid groups (broad SMARTS) is 1. The van der Waals surface area contributed by atoms with E-state index in [0.717, 1.165) is 13.0 Å². The summed E-state index contributed by atoms with van der Waals surface area (Å²) in [6, 6.07) is -0.0212. The molecule has 0 radical (unpaired) electrons. The Balaban J connectivity index is 2.48. The van der Waals surface area contributed by atoms with Gasteiger partial charge in [0.15, 0.2) is 0 Å². The van der Waals surface area contributed by atoms with E-state index in [9.17, 15) is 9.59 Å². The van der Waals surface area contributed by atoms with Crippen LogP contribution in [0.1, 0.15) is 6.42 Å². The summed E-state index contributed by atoms with van der Waals surface area (Å²) in [5.74, 6) is -0.821. The molecular weight excluding hydrogens is 234 g/mol. The molecule has 0 bridgehead atoms. The fourth-order valence-corrected chi connectivity index (χ4v) is 2.02. The van der Waals surface area contributed by atoms with E-state index in [2.05, 4.69) is 6.58 Å². The van der Waals surface area contributed by atoms with Crippen molar-refractivity contribution in [1.29, 1.82) is 0 Å². The second-order valence-corrected chi connectivity index (χ2v) is 4.46. The van der Waals surface area contributed by atoms with Gasteiger partial charge in [0, 0.05) is 39.8 Å². The van der Waals surface area contributed by atoms with Crippen LogP contribution >= 0.6 is 0 Å². The number of rotatable bonds is 4. The molecule has 0 aromatic carbocycles. The standard InChI is InChI=1S/C12H21N3O3/c1-3-5-13(2)12(18)15-7-4-6-14(8-9-15)10-11(16)17/h3H,1,4-10H2,2H3,(H,16,17). The van der Waals surface area contributed by atoms with Gasteiger partial charge in [0.05, 0.1) is 6.54 Å². The highest BCUT2D eigenvalue weighted by Crippen LogP contribution is 2.05. The molecule has 1 rings (SSSR count). The van der Waals surface area contributed by atoms with E-state index in [0.29, 0.717) is 26.2 Å². The van der Waals surface area contributed by atoms with Crippen molar-refractivity contribution < 1.29 is 14.7 Å². The summed E-state index contributed by atoms with van der Waals surface area (Å²) in [4.78, 5) is 27.9.